The lowest BCUT2D eigenvalue weighted by atomic mass is 10.2. The van der Waals surface area contributed by atoms with Gasteiger partial charge in [0.05, 0.1) is 6.61 Å². The molecule has 1 aromatic carbocycles. The summed E-state index contributed by atoms with van der Waals surface area (Å²) >= 11 is 0. The fourth-order valence-electron chi connectivity index (χ4n) is 1.59. The van der Waals surface area contributed by atoms with E-state index in [0.29, 0.717) is 18.2 Å². The Morgan fingerprint density at radius 1 is 1.21 bits per heavy atom. The Hall–Kier alpha value is -2.14. The fourth-order valence-corrected chi connectivity index (χ4v) is 1.59. The second-order valence-electron chi connectivity index (χ2n) is 4.27. The normalized spacial score (nSPS) is 10.3. The lowest BCUT2D eigenvalue weighted by Gasteiger charge is -2.16. The van der Waals surface area contributed by atoms with E-state index >= 15 is 0 Å². The molecule has 0 atom stereocenters. The summed E-state index contributed by atoms with van der Waals surface area (Å²) in [5.41, 5.74) is 1.18. The van der Waals surface area contributed by atoms with Crippen LogP contribution in [0, 0.1) is 6.92 Å². The topological polar surface area (TPSA) is 58.5 Å². The van der Waals surface area contributed by atoms with Crippen molar-refractivity contribution in [2.75, 3.05) is 25.1 Å². The highest BCUT2D eigenvalue weighted by Crippen LogP contribution is 2.21. The minimum absolute atomic E-state index is 0.0780. The SMILES string of the molecule is Cc1ccc(Oc2cc(N(C)CCO)ncn2)cc1. The number of rotatable bonds is 5. The first-order chi connectivity index (χ1) is 9.19. The number of benzene rings is 1. The Bertz CT molecular complexity index is 528. The number of nitrogens with zero attached hydrogens (tertiary/aromatic N) is 3. The van der Waals surface area contributed by atoms with Crippen LogP contribution in [0.4, 0.5) is 5.82 Å². The van der Waals surface area contributed by atoms with E-state index in [1.807, 2.05) is 43.1 Å². The highest BCUT2D eigenvalue weighted by atomic mass is 16.5. The Labute approximate surface area is 112 Å². The molecule has 1 heterocycles. The summed E-state index contributed by atoms with van der Waals surface area (Å²) < 4.78 is 5.66. The zero-order valence-electron chi connectivity index (χ0n) is 11.1. The molecule has 19 heavy (non-hydrogen) atoms. The minimum atomic E-state index is 0.0780. The van der Waals surface area contributed by atoms with Crippen molar-refractivity contribution >= 4 is 5.82 Å². The number of aliphatic hydroxyl groups excluding tert-OH is 1. The van der Waals surface area contributed by atoms with Crippen LogP contribution in [0.3, 0.4) is 0 Å². The van der Waals surface area contributed by atoms with E-state index in [-0.39, 0.29) is 6.61 Å². The molecule has 0 fully saturated rings. The molecule has 5 nitrogen and oxygen atoms in total. The average molecular weight is 259 g/mol. The molecule has 0 radical (unpaired) electrons. The smallest absolute Gasteiger partial charge is 0.224 e. The van der Waals surface area contributed by atoms with Gasteiger partial charge in [0.2, 0.25) is 5.88 Å². The average Bonchev–Trinajstić information content (AvgIpc) is 2.42. The number of anilines is 1. The predicted molar refractivity (Wildman–Crippen MR) is 73.6 cm³/mol. The highest BCUT2D eigenvalue weighted by molar-refractivity contribution is 5.41. The van der Waals surface area contributed by atoms with Crippen molar-refractivity contribution in [3.63, 3.8) is 0 Å². The third-order valence-corrected chi connectivity index (χ3v) is 2.70. The van der Waals surface area contributed by atoms with Crippen molar-refractivity contribution in [2.24, 2.45) is 0 Å². The van der Waals surface area contributed by atoms with E-state index in [2.05, 4.69) is 9.97 Å². The Morgan fingerprint density at radius 2 is 1.95 bits per heavy atom. The first-order valence-electron chi connectivity index (χ1n) is 6.07. The lowest BCUT2D eigenvalue weighted by Crippen LogP contribution is -2.22. The Kier molecular flexibility index (Phi) is 4.30. The maximum atomic E-state index is 8.91. The predicted octanol–water partition coefficient (Wildman–Crippen LogP) is 2.01. The minimum Gasteiger partial charge on any atom is -0.439 e. The molecule has 2 aromatic rings. The van der Waals surface area contributed by atoms with Crippen molar-refractivity contribution in [1.29, 1.82) is 0 Å². The Balaban J connectivity index is 2.12. The van der Waals surface area contributed by atoms with E-state index < -0.39 is 0 Å². The van der Waals surface area contributed by atoms with E-state index in [0.717, 1.165) is 5.75 Å². The number of aryl methyl sites for hydroxylation is 1. The summed E-state index contributed by atoms with van der Waals surface area (Å²) in [6.07, 6.45) is 1.45. The van der Waals surface area contributed by atoms with Gasteiger partial charge in [0, 0.05) is 19.7 Å². The summed E-state index contributed by atoms with van der Waals surface area (Å²) in [7, 11) is 1.86. The molecule has 0 amide bonds. The van der Waals surface area contributed by atoms with Crippen LogP contribution in [0.5, 0.6) is 11.6 Å². The number of aromatic nitrogens is 2. The standard InChI is InChI=1S/C14H17N3O2/c1-11-3-5-12(6-4-11)19-14-9-13(15-10-16-14)17(2)7-8-18/h3-6,9-10,18H,7-8H2,1-2H3. The molecular formula is C14H17N3O2. The van der Waals surface area contributed by atoms with Gasteiger partial charge in [-0.25, -0.2) is 9.97 Å². The second kappa shape index (κ2) is 6.15. The molecule has 1 N–H and O–H groups in total. The van der Waals surface area contributed by atoms with Crippen LogP contribution in [0.2, 0.25) is 0 Å². The first kappa shape index (κ1) is 13.3. The zero-order valence-corrected chi connectivity index (χ0v) is 11.1. The summed E-state index contributed by atoms with van der Waals surface area (Å²) in [6.45, 7) is 2.62. The Morgan fingerprint density at radius 3 is 2.63 bits per heavy atom. The van der Waals surface area contributed by atoms with Crippen molar-refractivity contribution in [1.82, 2.24) is 9.97 Å². The number of ether oxygens (including phenoxy) is 1. The fraction of sp³-hybridized carbons (Fsp3) is 0.286. The van der Waals surface area contributed by atoms with Crippen molar-refractivity contribution < 1.29 is 9.84 Å². The summed E-state index contributed by atoms with van der Waals surface area (Å²) in [4.78, 5) is 10.1. The molecule has 0 aliphatic rings. The second-order valence-corrected chi connectivity index (χ2v) is 4.27. The van der Waals surface area contributed by atoms with Crippen LogP contribution in [0.25, 0.3) is 0 Å². The molecule has 0 saturated heterocycles. The van der Waals surface area contributed by atoms with Crippen molar-refractivity contribution in [2.45, 2.75) is 6.92 Å². The van der Waals surface area contributed by atoms with E-state index in [4.69, 9.17) is 9.84 Å². The van der Waals surface area contributed by atoms with Gasteiger partial charge in [-0.15, -0.1) is 0 Å². The molecule has 1 aromatic heterocycles. The van der Waals surface area contributed by atoms with Crippen LogP contribution in [-0.2, 0) is 0 Å². The lowest BCUT2D eigenvalue weighted by molar-refractivity contribution is 0.303. The van der Waals surface area contributed by atoms with E-state index in [1.165, 1.54) is 11.9 Å². The van der Waals surface area contributed by atoms with E-state index in [9.17, 15) is 0 Å². The molecule has 0 unspecified atom stereocenters. The van der Waals surface area contributed by atoms with Gasteiger partial charge in [-0.1, -0.05) is 17.7 Å². The molecule has 0 aliphatic heterocycles. The van der Waals surface area contributed by atoms with Crippen LogP contribution in [0.15, 0.2) is 36.7 Å². The number of likely N-dealkylation sites (N-methyl/N-ethyl adjacent to an activating group) is 1. The third kappa shape index (κ3) is 3.66. The number of hydrogen-bond acceptors (Lipinski definition) is 5. The van der Waals surface area contributed by atoms with Crippen LogP contribution >= 0.6 is 0 Å². The summed E-state index contributed by atoms with van der Waals surface area (Å²) in [5, 5.41) is 8.91. The maximum Gasteiger partial charge on any atom is 0.224 e. The van der Waals surface area contributed by atoms with Gasteiger partial charge in [0.25, 0.3) is 0 Å². The molecule has 2 rings (SSSR count). The summed E-state index contributed by atoms with van der Waals surface area (Å²) in [6, 6.07) is 9.50. The number of aliphatic hydroxyl groups is 1. The highest BCUT2D eigenvalue weighted by Gasteiger charge is 2.05. The third-order valence-electron chi connectivity index (χ3n) is 2.70. The van der Waals surface area contributed by atoms with Gasteiger partial charge in [-0.2, -0.15) is 0 Å². The van der Waals surface area contributed by atoms with Crippen molar-refractivity contribution in [3.8, 4) is 11.6 Å². The largest absolute Gasteiger partial charge is 0.439 e. The molecular weight excluding hydrogens is 242 g/mol. The molecule has 100 valence electrons. The van der Waals surface area contributed by atoms with Crippen LogP contribution in [-0.4, -0.2) is 35.3 Å². The molecule has 0 saturated carbocycles. The van der Waals surface area contributed by atoms with Crippen LogP contribution < -0.4 is 9.64 Å². The quantitative estimate of drug-likeness (QED) is 0.890. The van der Waals surface area contributed by atoms with Gasteiger partial charge in [0.15, 0.2) is 0 Å². The molecule has 0 spiro atoms. The van der Waals surface area contributed by atoms with Crippen LogP contribution in [0.1, 0.15) is 5.56 Å². The van der Waals surface area contributed by atoms with E-state index in [1.54, 1.807) is 6.07 Å². The number of hydrogen-bond donors (Lipinski definition) is 1. The maximum absolute atomic E-state index is 8.91. The molecule has 0 aliphatic carbocycles. The first-order valence-corrected chi connectivity index (χ1v) is 6.07. The monoisotopic (exact) mass is 259 g/mol. The summed E-state index contributed by atoms with van der Waals surface area (Å²) in [5.74, 6) is 1.94. The van der Waals surface area contributed by atoms with Gasteiger partial charge in [0.1, 0.15) is 17.9 Å². The zero-order chi connectivity index (χ0) is 13.7. The van der Waals surface area contributed by atoms with Crippen molar-refractivity contribution in [3.05, 3.63) is 42.2 Å². The molecule has 5 heteroatoms. The van der Waals surface area contributed by atoms with Gasteiger partial charge >= 0.3 is 0 Å². The molecule has 0 bridgehead atoms. The van der Waals surface area contributed by atoms with Gasteiger partial charge < -0.3 is 14.7 Å². The van der Waals surface area contributed by atoms with Gasteiger partial charge in [-0.3, -0.25) is 0 Å². The van der Waals surface area contributed by atoms with Gasteiger partial charge in [-0.05, 0) is 19.1 Å².